The number of sulfonamides is 1. The van der Waals surface area contributed by atoms with Gasteiger partial charge in [-0.15, -0.1) is 0 Å². The van der Waals surface area contributed by atoms with E-state index in [4.69, 9.17) is 9.47 Å². The lowest BCUT2D eigenvalue weighted by atomic mass is 9.96. The first-order chi connectivity index (χ1) is 10.8. The summed E-state index contributed by atoms with van der Waals surface area (Å²) in [6.07, 6.45) is 2.78. The van der Waals surface area contributed by atoms with Crippen LogP contribution in [0, 0.1) is 0 Å². The second-order valence-corrected chi connectivity index (χ2v) is 7.26. The van der Waals surface area contributed by atoms with E-state index in [9.17, 15) is 13.5 Å². The van der Waals surface area contributed by atoms with Crippen LogP contribution in [0.4, 0.5) is 0 Å². The zero-order chi connectivity index (χ0) is 16.7. The highest BCUT2D eigenvalue weighted by Gasteiger charge is 2.29. The van der Waals surface area contributed by atoms with Crippen LogP contribution >= 0.6 is 0 Å². The lowest BCUT2D eigenvalue weighted by molar-refractivity contribution is 0.0625. The number of nitrogens with one attached hydrogen (secondary N) is 1. The van der Waals surface area contributed by atoms with Gasteiger partial charge in [0.2, 0.25) is 6.79 Å². The number of benzene rings is 1. The molecule has 9 heteroatoms. The molecule has 1 atom stereocenters. The van der Waals surface area contributed by atoms with Crippen molar-refractivity contribution >= 4 is 10.0 Å². The summed E-state index contributed by atoms with van der Waals surface area (Å²) in [5, 5.41) is 10.5. The molecular formula is C14H17N3O5S. The van der Waals surface area contributed by atoms with Crippen LogP contribution < -0.4 is 14.2 Å². The van der Waals surface area contributed by atoms with Gasteiger partial charge in [0.15, 0.2) is 16.5 Å². The molecule has 23 heavy (non-hydrogen) atoms. The highest BCUT2D eigenvalue weighted by Crippen LogP contribution is 2.35. The number of aromatic nitrogens is 2. The molecule has 3 rings (SSSR count). The first-order valence-corrected chi connectivity index (χ1v) is 8.36. The van der Waals surface area contributed by atoms with Gasteiger partial charge in [-0.2, -0.15) is 0 Å². The Morgan fingerprint density at radius 2 is 2.13 bits per heavy atom. The molecule has 1 aromatic heterocycles. The van der Waals surface area contributed by atoms with E-state index in [0.717, 1.165) is 0 Å². The van der Waals surface area contributed by atoms with Crippen molar-refractivity contribution < 1.29 is 23.0 Å². The predicted octanol–water partition coefficient (Wildman–Crippen LogP) is 0.335. The molecule has 2 aromatic rings. The second-order valence-electron chi connectivity index (χ2n) is 5.54. The molecule has 0 unspecified atom stereocenters. The largest absolute Gasteiger partial charge is 0.454 e. The molecule has 0 aliphatic carbocycles. The standard InChI is InChI=1S/C14H17N3O5S/c1-14(18,10-3-4-11-12(5-10)22-9-21-11)7-16-23(19,20)13-6-17(2)8-15-13/h3-6,8,16,18H,7,9H2,1-2H3/t14-/m0/s1. The summed E-state index contributed by atoms with van der Waals surface area (Å²) < 4.78 is 38.7. The van der Waals surface area contributed by atoms with Gasteiger partial charge in [0, 0.05) is 19.8 Å². The summed E-state index contributed by atoms with van der Waals surface area (Å²) in [5.74, 6) is 1.12. The molecule has 0 bridgehead atoms. The van der Waals surface area contributed by atoms with Crippen LogP contribution in [0.3, 0.4) is 0 Å². The minimum Gasteiger partial charge on any atom is -0.454 e. The Morgan fingerprint density at radius 1 is 1.39 bits per heavy atom. The smallest absolute Gasteiger partial charge is 0.259 e. The van der Waals surface area contributed by atoms with E-state index in [0.29, 0.717) is 17.1 Å². The number of nitrogens with zero attached hydrogens (tertiary/aromatic N) is 2. The third-order valence-electron chi connectivity index (χ3n) is 3.56. The lowest BCUT2D eigenvalue weighted by Crippen LogP contribution is -2.38. The van der Waals surface area contributed by atoms with Crippen LogP contribution in [0.2, 0.25) is 0 Å². The monoisotopic (exact) mass is 339 g/mol. The van der Waals surface area contributed by atoms with Gasteiger partial charge in [-0.1, -0.05) is 6.07 Å². The fourth-order valence-corrected chi connectivity index (χ4v) is 3.28. The minimum absolute atomic E-state index is 0.0958. The molecular weight excluding hydrogens is 322 g/mol. The van der Waals surface area contributed by atoms with Crippen LogP contribution in [-0.2, 0) is 22.7 Å². The molecule has 2 N–H and O–H groups in total. The number of imidazole rings is 1. The highest BCUT2D eigenvalue weighted by atomic mass is 32.2. The van der Waals surface area contributed by atoms with Crippen molar-refractivity contribution in [3.05, 3.63) is 36.3 Å². The Balaban J connectivity index is 1.76. The average Bonchev–Trinajstić information content (AvgIpc) is 3.13. The van der Waals surface area contributed by atoms with Crippen molar-refractivity contribution in [2.45, 2.75) is 17.6 Å². The Labute approximate surface area is 133 Å². The van der Waals surface area contributed by atoms with Crippen LogP contribution in [0.25, 0.3) is 0 Å². The first-order valence-electron chi connectivity index (χ1n) is 6.88. The molecule has 1 aromatic carbocycles. The fourth-order valence-electron chi connectivity index (χ4n) is 2.17. The van der Waals surface area contributed by atoms with E-state index in [2.05, 4.69) is 9.71 Å². The minimum atomic E-state index is -3.79. The van der Waals surface area contributed by atoms with Crippen molar-refractivity contribution in [1.82, 2.24) is 14.3 Å². The van der Waals surface area contributed by atoms with Gasteiger partial charge in [-0.25, -0.2) is 18.1 Å². The molecule has 8 nitrogen and oxygen atoms in total. The second kappa shape index (κ2) is 5.52. The topological polar surface area (TPSA) is 103 Å². The zero-order valence-electron chi connectivity index (χ0n) is 12.7. The summed E-state index contributed by atoms with van der Waals surface area (Å²) in [4.78, 5) is 3.80. The Kier molecular flexibility index (Phi) is 3.78. The van der Waals surface area contributed by atoms with E-state index in [-0.39, 0.29) is 18.4 Å². The summed E-state index contributed by atoms with van der Waals surface area (Å²) in [7, 11) is -2.11. The van der Waals surface area contributed by atoms with E-state index in [1.807, 2.05) is 0 Å². The van der Waals surface area contributed by atoms with E-state index >= 15 is 0 Å². The number of fused-ring (bicyclic) bond motifs is 1. The van der Waals surface area contributed by atoms with Crippen molar-refractivity contribution in [2.75, 3.05) is 13.3 Å². The van der Waals surface area contributed by atoms with Gasteiger partial charge in [0.1, 0.15) is 5.60 Å². The molecule has 0 spiro atoms. The maximum absolute atomic E-state index is 12.2. The molecule has 0 amide bonds. The van der Waals surface area contributed by atoms with Gasteiger partial charge in [0.25, 0.3) is 10.0 Å². The molecule has 0 saturated heterocycles. The summed E-state index contributed by atoms with van der Waals surface area (Å²) in [6.45, 7) is 1.45. The molecule has 0 radical (unpaired) electrons. The van der Waals surface area contributed by atoms with Crippen molar-refractivity contribution in [1.29, 1.82) is 0 Å². The fraction of sp³-hybridized carbons (Fsp3) is 0.357. The Hall–Kier alpha value is -2.10. The van der Waals surface area contributed by atoms with E-state index in [1.54, 1.807) is 25.2 Å². The summed E-state index contributed by atoms with van der Waals surface area (Å²) in [6, 6.07) is 4.99. The zero-order valence-corrected chi connectivity index (χ0v) is 13.5. The number of rotatable bonds is 5. The van der Waals surface area contributed by atoms with Crippen LogP contribution in [0.1, 0.15) is 12.5 Å². The molecule has 124 valence electrons. The van der Waals surface area contributed by atoms with Gasteiger partial charge < -0.3 is 19.1 Å². The Morgan fingerprint density at radius 3 is 2.83 bits per heavy atom. The SMILES string of the molecule is Cn1cnc(S(=O)(=O)NC[C@](C)(O)c2ccc3c(c2)OCO3)c1. The lowest BCUT2D eigenvalue weighted by Gasteiger charge is -2.24. The van der Waals surface area contributed by atoms with Crippen molar-refractivity contribution in [3.8, 4) is 11.5 Å². The summed E-state index contributed by atoms with van der Waals surface area (Å²) in [5.41, 5.74) is -0.895. The highest BCUT2D eigenvalue weighted by molar-refractivity contribution is 7.89. The molecule has 0 fully saturated rings. The molecule has 1 aliphatic heterocycles. The predicted molar refractivity (Wildman–Crippen MR) is 80.5 cm³/mol. The number of aliphatic hydroxyl groups is 1. The number of ether oxygens (including phenoxy) is 2. The van der Waals surface area contributed by atoms with Gasteiger partial charge in [-0.05, 0) is 24.6 Å². The first kappa shape index (κ1) is 15.8. The number of aryl methyl sites for hydroxylation is 1. The van der Waals surface area contributed by atoms with E-state index in [1.165, 1.54) is 24.0 Å². The van der Waals surface area contributed by atoms with Gasteiger partial charge in [-0.3, -0.25) is 0 Å². The molecule has 1 aliphatic rings. The maximum atomic E-state index is 12.2. The molecule has 0 saturated carbocycles. The van der Waals surface area contributed by atoms with Gasteiger partial charge >= 0.3 is 0 Å². The number of hydrogen-bond acceptors (Lipinski definition) is 6. The third-order valence-corrected chi connectivity index (χ3v) is 4.84. The van der Waals surface area contributed by atoms with Crippen molar-refractivity contribution in [3.63, 3.8) is 0 Å². The molecule has 2 heterocycles. The van der Waals surface area contributed by atoms with Crippen LogP contribution in [-0.4, -0.2) is 36.4 Å². The number of hydrogen-bond donors (Lipinski definition) is 2. The van der Waals surface area contributed by atoms with E-state index < -0.39 is 15.6 Å². The normalized spacial score (nSPS) is 16.3. The Bertz CT molecular complexity index is 829. The van der Waals surface area contributed by atoms with Gasteiger partial charge in [0.05, 0.1) is 6.33 Å². The average molecular weight is 339 g/mol. The third kappa shape index (κ3) is 3.16. The van der Waals surface area contributed by atoms with Crippen molar-refractivity contribution in [2.24, 2.45) is 7.05 Å². The quantitative estimate of drug-likeness (QED) is 0.814. The maximum Gasteiger partial charge on any atom is 0.259 e. The van der Waals surface area contributed by atoms with Crippen LogP contribution in [0.15, 0.2) is 35.7 Å². The van der Waals surface area contributed by atoms with Crippen LogP contribution in [0.5, 0.6) is 11.5 Å². The summed E-state index contributed by atoms with van der Waals surface area (Å²) >= 11 is 0.